The highest BCUT2D eigenvalue weighted by molar-refractivity contribution is 5.76. The van der Waals surface area contributed by atoms with Gasteiger partial charge in [-0.15, -0.1) is 0 Å². The third-order valence-corrected chi connectivity index (χ3v) is 7.44. The predicted molar refractivity (Wildman–Crippen MR) is 171 cm³/mol. The molecule has 2 aliphatic rings. The molecule has 1 fully saturated rings. The van der Waals surface area contributed by atoms with Gasteiger partial charge in [-0.2, -0.15) is 0 Å². The maximum atomic E-state index is 14.3. The lowest BCUT2D eigenvalue weighted by atomic mass is 9.84. The molecule has 2 heterocycles. The van der Waals surface area contributed by atoms with Crippen molar-refractivity contribution in [1.82, 2.24) is 15.3 Å². The molecule has 2 aliphatic carbocycles. The number of aldehydes is 1. The van der Waals surface area contributed by atoms with E-state index in [9.17, 15) is 9.18 Å². The Balaban J connectivity index is 0.000000239. The largest absolute Gasteiger partial charge is 0.481 e. The first-order valence-corrected chi connectivity index (χ1v) is 14.6. The number of nitrogens with two attached hydrogens (primary N) is 1. The first-order chi connectivity index (χ1) is 20.9. The van der Waals surface area contributed by atoms with Crippen molar-refractivity contribution in [2.45, 2.75) is 58.9 Å². The maximum Gasteiger partial charge on any atom is 0.215 e. The molecule has 6 rings (SSSR count). The van der Waals surface area contributed by atoms with Crippen LogP contribution in [0.5, 0.6) is 5.88 Å². The zero-order valence-electron chi connectivity index (χ0n) is 26.0. The average molecular weight is 587 g/mol. The van der Waals surface area contributed by atoms with Crippen molar-refractivity contribution in [3.05, 3.63) is 105 Å². The summed E-state index contributed by atoms with van der Waals surface area (Å²) in [5.74, 6) is 1.30. The molecule has 1 saturated carbocycles. The molecule has 0 radical (unpaired) electrons. The van der Waals surface area contributed by atoms with Gasteiger partial charge in [0.15, 0.2) is 0 Å². The zero-order valence-corrected chi connectivity index (χ0v) is 26.0. The highest BCUT2D eigenvalue weighted by atomic mass is 19.1. The Bertz CT molecular complexity index is 1540. The van der Waals surface area contributed by atoms with Crippen molar-refractivity contribution in [3.63, 3.8) is 0 Å². The lowest BCUT2D eigenvalue weighted by molar-refractivity contribution is 0.112. The van der Waals surface area contributed by atoms with E-state index in [-0.39, 0.29) is 11.7 Å². The summed E-state index contributed by atoms with van der Waals surface area (Å²) in [5, 5.41) is 10.2. The predicted octanol–water partition coefficient (Wildman–Crippen LogP) is 6.41. The molecule has 0 spiro atoms. The standard InChI is InChI=1S/C21H16FNO2.C11H17N3.C2H6.CH4O/c1-25-21-10-20(22)19(11-23-21)16-5-4-15-7-14-3-2-13(12-24)6-17(14)9-18(15)8-16;1-7-10(6-13-2)9(8-3-4-8)5-11(12)14-7;2*1-2/h2-6,8,10-12H,7,9H2,1H3;5,8,13H,3-4,6H2,1-2H3,(H2,12,14);1-2H3;2H,1H3. The molecule has 2 aromatic carbocycles. The number of fused-ring (bicyclic) bond motifs is 2. The quantitative estimate of drug-likeness (QED) is 0.197. The van der Waals surface area contributed by atoms with Crippen LogP contribution in [0.15, 0.2) is 54.7 Å². The summed E-state index contributed by atoms with van der Waals surface area (Å²) >= 11 is 0. The van der Waals surface area contributed by atoms with Gasteiger partial charge in [0.05, 0.1) is 7.11 Å². The highest BCUT2D eigenvalue weighted by Crippen LogP contribution is 2.42. The van der Waals surface area contributed by atoms with Crippen LogP contribution in [0.25, 0.3) is 11.1 Å². The minimum atomic E-state index is -0.355. The summed E-state index contributed by atoms with van der Waals surface area (Å²) in [6.07, 6.45) is 6.54. The second kappa shape index (κ2) is 15.9. The van der Waals surface area contributed by atoms with Gasteiger partial charge in [-0.3, -0.25) is 4.79 Å². The number of aryl methyl sites for hydroxylation is 1. The van der Waals surface area contributed by atoms with E-state index in [4.69, 9.17) is 15.6 Å². The number of hydrogen-bond acceptors (Lipinski definition) is 7. The fourth-order valence-corrected chi connectivity index (χ4v) is 5.25. The molecule has 4 aromatic rings. The molecule has 0 unspecified atom stereocenters. The maximum absolute atomic E-state index is 14.3. The van der Waals surface area contributed by atoms with Crippen LogP contribution >= 0.6 is 0 Å². The van der Waals surface area contributed by atoms with Crippen LogP contribution in [0.1, 0.15) is 82.0 Å². The van der Waals surface area contributed by atoms with E-state index in [0.29, 0.717) is 16.9 Å². The van der Waals surface area contributed by atoms with Crippen LogP contribution in [0.2, 0.25) is 0 Å². The number of nitrogen functional groups attached to an aromatic ring is 1. The number of nitrogens with one attached hydrogen (secondary N) is 1. The van der Waals surface area contributed by atoms with Gasteiger partial charge in [-0.25, -0.2) is 14.4 Å². The number of carbonyl (C=O) groups is 1. The first-order valence-electron chi connectivity index (χ1n) is 14.6. The molecule has 0 bridgehead atoms. The second-order valence-corrected chi connectivity index (χ2v) is 10.2. The number of aromatic nitrogens is 2. The van der Waals surface area contributed by atoms with Crippen LogP contribution in [-0.2, 0) is 19.4 Å². The number of nitrogens with zero attached hydrogens (tertiary/aromatic N) is 2. The van der Waals surface area contributed by atoms with Crippen molar-refractivity contribution in [2.24, 2.45) is 0 Å². The van der Waals surface area contributed by atoms with E-state index in [1.54, 1.807) is 0 Å². The SMILES string of the molecule is CC.CNCc1c(C2CC2)cc(N)nc1C.CO.COc1cc(F)c(-c2ccc3c(c2)Cc2cc(C=O)ccc2C3)cn1. The number of methoxy groups -OCH3 is 1. The summed E-state index contributed by atoms with van der Waals surface area (Å²) in [6.45, 7) is 6.93. The van der Waals surface area contributed by atoms with E-state index in [2.05, 4.69) is 15.3 Å². The number of pyridine rings is 2. The van der Waals surface area contributed by atoms with Crippen LogP contribution in [0.3, 0.4) is 0 Å². The lowest BCUT2D eigenvalue weighted by Gasteiger charge is -2.21. The molecule has 2 aromatic heterocycles. The Morgan fingerprint density at radius 1 is 1.02 bits per heavy atom. The third-order valence-electron chi connectivity index (χ3n) is 7.44. The smallest absolute Gasteiger partial charge is 0.215 e. The fraction of sp³-hybridized carbons (Fsp3) is 0.343. The van der Waals surface area contributed by atoms with E-state index >= 15 is 0 Å². The van der Waals surface area contributed by atoms with Crippen LogP contribution in [0, 0.1) is 12.7 Å². The van der Waals surface area contributed by atoms with Crippen LogP contribution in [-0.4, -0.2) is 42.6 Å². The number of rotatable bonds is 6. The summed E-state index contributed by atoms with van der Waals surface area (Å²) in [4.78, 5) is 19.4. The van der Waals surface area contributed by atoms with Crippen LogP contribution < -0.4 is 15.8 Å². The Kier molecular flexibility index (Phi) is 12.3. The molecule has 0 amide bonds. The number of anilines is 1. The molecule has 228 valence electrons. The van der Waals surface area contributed by atoms with Gasteiger partial charge < -0.3 is 20.9 Å². The minimum Gasteiger partial charge on any atom is -0.481 e. The van der Waals surface area contributed by atoms with Gasteiger partial charge >= 0.3 is 0 Å². The first kappa shape index (κ1) is 33.4. The summed E-state index contributed by atoms with van der Waals surface area (Å²) in [6, 6.07) is 15.1. The number of carbonyl (C=O) groups excluding carboxylic acids is 1. The summed E-state index contributed by atoms with van der Waals surface area (Å²) < 4.78 is 19.3. The Labute approximate surface area is 254 Å². The number of benzene rings is 2. The van der Waals surface area contributed by atoms with Gasteiger partial charge in [-0.1, -0.05) is 44.2 Å². The Hall–Kier alpha value is -4.14. The molecule has 0 saturated heterocycles. The monoisotopic (exact) mass is 586 g/mol. The number of aliphatic hydroxyl groups is 1. The van der Waals surface area contributed by atoms with Gasteiger partial charge in [0.2, 0.25) is 5.88 Å². The molecule has 0 atom stereocenters. The van der Waals surface area contributed by atoms with Gasteiger partial charge in [0, 0.05) is 42.7 Å². The average Bonchev–Trinajstić information content (AvgIpc) is 3.89. The van der Waals surface area contributed by atoms with E-state index in [1.165, 1.54) is 54.5 Å². The molecule has 43 heavy (non-hydrogen) atoms. The van der Waals surface area contributed by atoms with Crippen LogP contribution in [0.4, 0.5) is 10.2 Å². The van der Waals surface area contributed by atoms with Crippen molar-refractivity contribution in [1.29, 1.82) is 0 Å². The lowest BCUT2D eigenvalue weighted by Crippen LogP contribution is -2.11. The number of ether oxygens (including phenoxy) is 1. The molecular formula is C35H43FN4O3. The van der Waals surface area contributed by atoms with Crippen molar-refractivity contribution >= 4 is 12.1 Å². The topological polar surface area (TPSA) is 110 Å². The molecule has 0 aliphatic heterocycles. The molecule has 7 nitrogen and oxygen atoms in total. The van der Waals surface area contributed by atoms with Gasteiger partial charge in [0.25, 0.3) is 0 Å². The van der Waals surface area contributed by atoms with Gasteiger partial charge in [0.1, 0.15) is 17.9 Å². The summed E-state index contributed by atoms with van der Waals surface area (Å²) in [5.41, 5.74) is 16.3. The molecule has 8 heteroatoms. The van der Waals surface area contributed by atoms with Gasteiger partial charge in [-0.05, 0) is 96.6 Å². The van der Waals surface area contributed by atoms with Crippen molar-refractivity contribution in [2.75, 3.05) is 27.0 Å². The number of hydrogen-bond donors (Lipinski definition) is 3. The molecule has 4 N–H and O–H groups in total. The Morgan fingerprint density at radius 2 is 1.67 bits per heavy atom. The molecular weight excluding hydrogens is 543 g/mol. The fourth-order valence-electron chi connectivity index (χ4n) is 5.25. The van der Waals surface area contributed by atoms with E-state index < -0.39 is 0 Å². The number of halogens is 1. The van der Waals surface area contributed by atoms with E-state index in [0.717, 1.165) is 61.1 Å². The Morgan fingerprint density at radius 3 is 2.28 bits per heavy atom. The van der Waals surface area contributed by atoms with Crippen molar-refractivity contribution < 1.29 is 19.0 Å². The van der Waals surface area contributed by atoms with Crippen molar-refractivity contribution in [3.8, 4) is 17.0 Å². The zero-order chi connectivity index (χ0) is 31.5. The number of aliphatic hydroxyl groups excluding tert-OH is 1. The highest BCUT2D eigenvalue weighted by Gasteiger charge is 2.27. The second-order valence-electron chi connectivity index (χ2n) is 10.2. The third kappa shape index (κ3) is 8.24. The van der Waals surface area contributed by atoms with E-state index in [1.807, 2.05) is 70.3 Å². The minimum absolute atomic E-state index is 0.259. The normalized spacial score (nSPS) is 12.6. The summed E-state index contributed by atoms with van der Waals surface area (Å²) in [7, 11) is 4.43.